The highest BCUT2D eigenvalue weighted by Crippen LogP contribution is 2.26. The van der Waals surface area contributed by atoms with Crippen molar-refractivity contribution in [2.75, 3.05) is 6.61 Å². The maximum Gasteiger partial charge on any atom is 0.225 e. The molecular formula is C21H19N3O2S. The van der Waals surface area contributed by atoms with Gasteiger partial charge in [0.25, 0.3) is 0 Å². The lowest BCUT2D eigenvalue weighted by molar-refractivity contribution is 0.0918. The highest BCUT2D eigenvalue weighted by Gasteiger charge is 2.17. The number of nitrogens with zero attached hydrogens (tertiary/aromatic N) is 3. The summed E-state index contributed by atoms with van der Waals surface area (Å²) in [5.41, 5.74) is 3.91. The number of hydrogen-bond acceptors (Lipinski definition) is 5. The minimum absolute atomic E-state index is 0.0441. The van der Waals surface area contributed by atoms with E-state index >= 15 is 0 Å². The Morgan fingerprint density at radius 1 is 1.15 bits per heavy atom. The third kappa shape index (κ3) is 3.48. The van der Waals surface area contributed by atoms with Gasteiger partial charge in [-0.3, -0.25) is 4.79 Å². The average Bonchev–Trinajstić information content (AvgIpc) is 3.27. The van der Waals surface area contributed by atoms with Crippen molar-refractivity contribution in [3.8, 4) is 5.88 Å². The lowest BCUT2D eigenvalue weighted by Gasteiger charge is -2.10. The topological polar surface area (TPSA) is 57.0 Å². The van der Waals surface area contributed by atoms with Crippen LogP contribution >= 0.6 is 11.3 Å². The summed E-state index contributed by atoms with van der Waals surface area (Å²) in [6.07, 6.45) is 1.46. The van der Waals surface area contributed by atoms with Crippen LogP contribution in [0.25, 0.3) is 10.2 Å². The van der Waals surface area contributed by atoms with Crippen LogP contribution in [-0.2, 0) is 6.54 Å². The van der Waals surface area contributed by atoms with Gasteiger partial charge in [0, 0.05) is 23.5 Å². The number of Topliss-reactive ketones (excluding diaryl/α,β-unsaturated/α-hetero) is 1. The number of rotatable bonds is 6. The van der Waals surface area contributed by atoms with E-state index in [1.807, 2.05) is 49.6 Å². The van der Waals surface area contributed by atoms with Crippen molar-refractivity contribution < 1.29 is 9.53 Å². The summed E-state index contributed by atoms with van der Waals surface area (Å²) in [6, 6.07) is 14.1. The maximum atomic E-state index is 12.8. The molecule has 3 aromatic heterocycles. The van der Waals surface area contributed by atoms with Crippen LogP contribution in [0.2, 0.25) is 0 Å². The Bertz CT molecular complexity index is 1100. The molecule has 5 nitrogen and oxygen atoms in total. The van der Waals surface area contributed by atoms with Gasteiger partial charge in [0.2, 0.25) is 11.7 Å². The lowest BCUT2D eigenvalue weighted by atomic mass is 10.1. The first-order valence-corrected chi connectivity index (χ1v) is 9.56. The van der Waals surface area contributed by atoms with Gasteiger partial charge >= 0.3 is 0 Å². The molecule has 6 heteroatoms. The van der Waals surface area contributed by atoms with E-state index in [-0.39, 0.29) is 12.4 Å². The van der Waals surface area contributed by atoms with Crippen LogP contribution in [0.1, 0.15) is 27.3 Å². The molecule has 4 aromatic rings. The first-order chi connectivity index (χ1) is 13.1. The molecule has 0 atom stereocenters. The fourth-order valence-electron chi connectivity index (χ4n) is 3.19. The summed E-state index contributed by atoms with van der Waals surface area (Å²) in [7, 11) is 0. The van der Waals surface area contributed by atoms with Crippen LogP contribution < -0.4 is 4.74 Å². The number of benzene rings is 1. The number of ketones is 1. The van der Waals surface area contributed by atoms with Gasteiger partial charge in [-0.1, -0.05) is 30.3 Å². The fourth-order valence-corrected chi connectivity index (χ4v) is 3.91. The van der Waals surface area contributed by atoms with Crippen molar-refractivity contribution in [1.82, 2.24) is 14.5 Å². The van der Waals surface area contributed by atoms with Crippen LogP contribution in [0, 0.1) is 13.8 Å². The zero-order valence-electron chi connectivity index (χ0n) is 15.2. The Labute approximate surface area is 161 Å². The number of fused-ring (bicyclic) bond motifs is 1. The number of thiophene rings is 1. The van der Waals surface area contributed by atoms with E-state index in [1.165, 1.54) is 23.2 Å². The van der Waals surface area contributed by atoms with Crippen LogP contribution in [-0.4, -0.2) is 26.9 Å². The van der Waals surface area contributed by atoms with Crippen LogP contribution in [0.4, 0.5) is 0 Å². The van der Waals surface area contributed by atoms with Crippen molar-refractivity contribution in [3.63, 3.8) is 0 Å². The molecule has 27 heavy (non-hydrogen) atoms. The highest BCUT2D eigenvalue weighted by molar-refractivity contribution is 7.16. The van der Waals surface area contributed by atoms with E-state index in [4.69, 9.17) is 4.74 Å². The lowest BCUT2D eigenvalue weighted by Crippen LogP contribution is -2.14. The molecule has 0 spiro atoms. The predicted octanol–water partition coefficient (Wildman–Crippen LogP) is 4.42. The summed E-state index contributed by atoms with van der Waals surface area (Å²) in [6.45, 7) is 4.70. The summed E-state index contributed by atoms with van der Waals surface area (Å²) in [4.78, 5) is 22.0. The largest absolute Gasteiger partial charge is 0.469 e. The molecule has 0 saturated heterocycles. The van der Waals surface area contributed by atoms with Gasteiger partial charge in [-0.05, 0) is 36.9 Å². The number of hydrogen-bond donors (Lipinski definition) is 0. The molecule has 4 rings (SSSR count). The predicted molar refractivity (Wildman–Crippen MR) is 107 cm³/mol. The molecule has 1 aromatic carbocycles. The molecule has 0 radical (unpaired) electrons. The number of carbonyl (C=O) groups is 1. The summed E-state index contributed by atoms with van der Waals surface area (Å²) < 4.78 is 7.87. The molecule has 3 heterocycles. The van der Waals surface area contributed by atoms with Gasteiger partial charge in [-0.25, -0.2) is 9.97 Å². The average molecular weight is 377 g/mol. The summed E-state index contributed by atoms with van der Waals surface area (Å²) in [5.74, 6) is 0.400. The fraction of sp³-hybridized carbons (Fsp3) is 0.190. The third-order valence-electron chi connectivity index (χ3n) is 4.62. The summed E-state index contributed by atoms with van der Waals surface area (Å²) in [5, 5.41) is 2.77. The first kappa shape index (κ1) is 17.4. The van der Waals surface area contributed by atoms with Crippen molar-refractivity contribution in [1.29, 1.82) is 0 Å². The second-order valence-corrected chi connectivity index (χ2v) is 7.28. The van der Waals surface area contributed by atoms with E-state index in [1.54, 1.807) is 0 Å². The van der Waals surface area contributed by atoms with Gasteiger partial charge in [0.15, 0.2) is 6.61 Å². The molecule has 0 aliphatic carbocycles. The molecule has 0 unspecified atom stereocenters. The maximum absolute atomic E-state index is 12.8. The second-order valence-electron chi connectivity index (χ2n) is 6.39. The Morgan fingerprint density at radius 3 is 2.78 bits per heavy atom. The van der Waals surface area contributed by atoms with E-state index in [0.29, 0.717) is 11.4 Å². The molecular weight excluding hydrogens is 358 g/mol. The van der Waals surface area contributed by atoms with E-state index in [0.717, 1.165) is 28.1 Å². The minimum atomic E-state index is -0.0515. The Hall–Kier alpha value is -2.99. The minimum Gasteiger partial charge on any atom is -0.469 e. The molecule has 136 valence electrons. The quantitative estimate of drug-likeness (QED) is 0.467. The molecule has 0 aliphatic rings. The highest BCUT2D eigenvalue weighted by atomic mass is 32.1. The van der Waals surface area contributed by atoms with Crippen LogP contribution in [0.5, 0.6) is 5.88 Å². The van der Waals surface area contributed by atoms with E-state index in [9.17, 15) is 4.79 Å². The summed E-state index contributed by atoms with van der Waals surface area (Å²) >= 11 is 1.52. The van der Waals surface area contributed by atoms with Crippen LogP contribution in [0.15, 0.2) is 54.2 Å². The third-order valence-corrected chi connectivity index (χ3v) is 5.44. The zero-order valence-corrected chi connectivity index (χ0v) is 16.0. The number of aromatic nitrogens is 3. The number of ether oxygens (including phenoxy) is 1. The molecule has 0 bridgehead atoms. The smallest absolute Gasteiger partial charge is 0.225 e. The van der Waals surface area contributed by atoms with Gasteiger partial charge in [0.1, 0.15) is 11.2 Å². The molecule has 0 N–H and O–H groups in total. The standard InChI is InChI=1S/C21H19N3O2S/c1-14-10-18(15(2)24(14)11-16-6-4-3-5-7-16)19(25)12-26-20-17-8-9-27-21(17)23-13-22-20/h3-10,13H,11-12H2,1-2H3. The van der Waals surface area contributed by atoms with Crippen molar-refractivity contribution >= 4 is 27.3 Å². The normalized spacial score (nSPS) is 11.0. The van der Waals surface area contributed by atoms with Gasteiger partial charge < -0.3 is 9.30 Å². The van der Waals surface area contributed by atoms with Crippen LogP contribution in [0.3, 0.4) is 0 Å². The van der Waals surface area contributed by atoms with Gasteiger partial charge in [-0.15, -0.1) is 11.3 Å². The van der Waals surface area contributed by atoms with Gasteiger partial charge in [0.05, 0.1) is 5.39 Å². The molecule has 0 fully saturated rings. The number of carbonyl (C=O) groups excluding carboxylic acids is 1. The monoisotopic (exact) mass is 377 g/mol. The number of aryl methyl sites for hydroxylation is 1. The molecule has 0 amide bonds. The Kier molecular flexibility index (Phi) is 4.73. The Morgan fingerprint density at radius 2 is 1.96 bits per heavy atom. The van der Waals surface area contributed by atoms with Crippen molar-refractivity contribution in [2.24, 2.45) is 0 Å². The second kappa shape index (κ2) is 7.32. The molecule has 0 aliphatic heterocycles. The van der Waals surface area contributed by atoms with E-state index < -0.39 is 0 Å². The first-order valence-electron chi connectivity index (χ1n) is 8.68. The van der Waals surface area contributed by atoms with Gasteiger partial charge in [-0.2, -0.15) is 0 Å². The zero-order chi connectivity index (χ0) is 18.8. The van der Waals surface area contributed by atoms with Crippen molar-refractivity contribution in [2.45, 2.75) is 20.4 Å². The Balaban J connectivity index is 1.52. The SMILES string of the molecule is Cc1cc(C(=O)COc2ncnc3sccc23)c(C)n1Cc1ccccc1. The molecule has 0 saturated carbocycles. The van der Waals surface area contributed by atoms with E-state index in [2.05, 4.69) is 26.7 Å². The van der Waals surface area contributed by atoms with Crippen molar-refractivity contribution in [3.05, 3.63) is 76.7 Å².